The summed E-state index contributed by atoms with van der Waals surface area (Å²) in [5.41, 5.74) is 4.03. The van der Waals surface area contributed by atoms with Crippen LogP contribution in [0.4, 0.5) is 0 Å². The molecule has 1 N–H and O–H groups in total. The minimum Gasteiger partial charge on any atom is -0.456 e. The molecule has 8 rings (SSSR count). The standard InChI is InChI=1S/C90H123O19P3/c1-4-6-8-10-12-14-16-18-20-22-24-26-49-65-82(91)104-74(3)90(105-83(92)66-50-27-25-23-21-19-17-15-13-11-9-7-5-2)109-112(96,103-73-81-63-47-34-48-64-81)107-85-84(93)86(106-110(94,99-69-77-55-39-30-40-56-77)100-70-78-57-41-31-42-58-78)89(88(98-68-76-53-37-29-38-54-76)87(85)97-67-75-51-35-28-36-52-75)108-111(95,101-71-79-59-43-32-44-60-79)102-72-80-61-45-33-46-62-80/h28-48,51-64,74,84-90,93H,4-27,49-50,65-73H2,1-3H3/t74-,84-,85+,86-,87-,88+,89+,90?,112?/m0/s1. The van der Waals surface area contributed by atoms with Gasteiger partial charge in [-0.3, -0.25) is 45.8 Å². The lowest BCUT2D eigenvalue weighted by Gasteiger charge is -2.48. The number of hydrogen-bond donors (Lipinski definition) is 1. The largest absolute Gasteiger partial charge is 0.478 e. The number of esters is 2. The fourth-order valence-electron chi connectivity index (χ4n) is 13.2. The normalized spacial score (nSPS) is 17.7. The molecule has 0 radical (unpaired) electrons. The van der Waals surface area contributed by atoms with E-state index in [2.05, 4.69) is 13.8 Å². The molecular formula is C90H123O19P3. The monoisotopic (exact) mass is 1600 g/mol. The highest BCUT2D eigenvalue weighted by atomic mass is 31.2. The first-order chi connectivity index (χ1) is 54.7. The van der Waals surface area contributed by atoms with Gasteiger partial charge in [-0.1, -0.05) is 380 Å². The van der Waals surface area contributed by atoms with E-state index in [4.69, 9.17) is 59.7 Å². The first-order valence-electron chi connectivity index (χ1n) is 41.1. The van der Waals surface area contributed by atoms with Crippen LogP contribution < -0.4 is 0 Å². The molecule has 0 aliphatic heterocycles. The number of hydrogen-bond acceptors (Lipinski definition) is 19. The molecule has 0 saturated heterocycles. The van der Waals surface area contributed by atoms with Crippen LogP contribution in [0.3, 0.4) is 0 Å². The third-order valence-electron chi connectivity index (χ3n) is 19.6. The maximum Gasteiger partial charge on any atom is 0.478 e. The van der Waals surface area contributed by atoms with Crippen molar-refractivity contribution in [1.82, 2.24) is 0 Å². The second kappa shape index (κ2) is 53.0. The molecule has 19 nitrogen and oxygen atoms in total. The van der Waals surface area contributed by atoms with Crippen molar-refractivity contribution in [3.63, 3.8) is 0 Å². The summed E-state index contributed by atoms with van der Waals surface area (Å²) in [6.07, 6.45) is 13.4. The van der Waals surface area contributed by atoms with Gasteiger partial charge in [0.05, 0.1) is 46.2 Å². The highest BCUT2D eigenvalue weighted by molar-refractivity contribution is 7.49. The molecule has 112 heavy (non-hydrogen) atoms. The number of carbonyl (C=O) groups excluding carboxylic acids is 2. The Labute approximate surface area is 667 Å². The topological polar surface area (TPSA) is 226 Å². The van der Waals surface area contributed by atoms with Crippen molar-refractivity contribution >= 4 is 35.4 Å². The fraction of sp³-hybridized carbons (Fsp3) is 0.511. The number of aliphatic hydroxyl groups is 1. The highest BCUT2D eigenvalue weighted by Gasteiger charge is 2.60. The van der Waals surface area contributed by atoms with E-state index in [1.807, 2.05) is 60.7 Å². The summed E-state index contributed by atoms with van der Waals surface area (Å²) >= 11 is 0. The Morgan fingerprint density at radius 1 is 0.304 bits per heavy atom. The maximum atomic E-state index is 16.8. The molecule has 22 heteroatoms. The number of carbonyl (C=O) groups is 2. The molecule has 0 amide bonds. The van der Waals surface area contributed by atoms with E-state index in [0.717, 1.165) is 57.8 Å². The van der Waals surface area contributed by atoms with Gasteiger partial charge >= 0.3 is 35.4 Å². The SMILES string of the molecule is CCCCCCCCCCCCCCCC(=O)OC(OP(=O)(OCc1ccccc1)O[C@@H]1[C@H](O)[C@H](OP(=O)(OCc2ccccc2)OCc2ccccc2)[C@@H](OP(=O)(OCc2ccccc2)OCc2ccccc2)[C@H](OCc2ccccc2)[C@H]1OCc1ccccc1)[C@H](C)OC(=O)CCCCCCCCCCCCCCC. The summed E-state index contributed by atoms with van der Waals surface area (Å²) in [5.74, 6) is -1.34. The summed E-state index contributed by atoms with van der Waals surface area (Å²) in [6.45, 7) is 3.65. The molecular weight excluding hydrogens is 1480 g/mol. The van der Waals surface area contributed by atoms with Crippen LogP contribution in [0.1, 0.15) is 239 Å². The molecule has 0 aromatic heterocycles. The van der Waals surface area contributed by atoms with E-state index in [9.17, 15) is 14.7 Å². The average molecular weight is 1600 g/mol. The first kappa shape index (κ1) is 91.2. The Hall–Kier alpha value is -6.31. The number of aliphatic hydroxyl groups excluding tert-OH is 1. The number of rotatable bonds is 60. The van der Waals surface area contributed by atoms with E-state index >= 15 is 13.7 Å². The predicted octanol–water partition coefficient (Wildman–Crippen LogP) is 23.9. The van der Waals surface area contributed by atoms with E-state index < -0.39 is 91.0 Å². The molecule has 1 aliphatic carbocycles. The summed E-state index contributed by atoms with van der Waals surface area (Å²) in [6, 6.07) is 62.4. The summed E-state index contributed by atoms with van der Waals surface area (Å²) in [5, 5.41) is 13.9. The molecule has 1 aliphatic rings. The fourth-order valence-corrected chi connectivity index (χ4v) is 17.4. The molecule has 9 atom stereocenters. The molecule has 612 valence electrons. The number of ether oxygens (including phenoxy) is 4. The number of unbranched alkanes of at least 4 members (excludes halogenated alkanes) is 24. The van der Waals surface area contributed by atoms with Gasteiger partial charge in [-0.2, -0.15) is 0 Å². The van der Waals surface area contributed by atoms with Gasteiger partial charge in [-0.25, -0.2) is 18.2 Å². The Morgan fingerprint density at radius 2 is 0.536 bits per heavy atom. The van der Waals surface area contributed by atoms with Crippen molar-refractivity contribution in [2.45, 2.75) is 296 Å². The molecule has 7 aromatic carbocycles. The van der Waals surface area contributed by atoms with Crippen molar-refractivity contribution in [2.24, 2.45) is 0 Å². The molecule has 1 fully saturated rings. The third-order valence-corrected chi connectivity index (χ3v) is 23.8. The Bertz CT molecular complexity index is 3670. The molecule has 7 aromatic rings. The van der Waals surface area contributed by atoms with Crippen LogP contribution in [-0.2, 0) is 129 Å². The van der Waals surface area contributed by atoms with Crippen LogP contribution in [0.25, 0.3) is 0 Å². The van der Waals surface area contributed by atoms with E-state index in [0.29, 0.717) is 51.8 Å². The first-order valence-corrected chi connectivity index (χ1v) is 45.4. The van der Waals surface area contributed by atoms with Gasteiger partial charge in [-0.05, 0) is 58.7 Å². The van der Waals surface area contributed by atoms with Gasteiger partial charge < -0.3 is 24.1 Å². The van der Waals surface area contributed by atoms with Crippen LogP contribution in [0.15, 0.2) is 212 Å². The zero-order valence-corrected chi connectivity index (χ0v) is 68.9. The molecule has 0 heterocycles. The average Bonchev–Trinajstić information content (AvgIpc) is 0.749. The van der Waals surface area contributed by atoms with Gasteiger partial charge in [0.1, 0.15) is 36.6 Å². The van der Waals surface area contributed by atoms with Gasteiger partial charge in [0.2, 0.25) is 6.29 Å². The summed E-state index contributed by atoms with van der Waals surface area (Å²) < 4.78 is 134. The van der Waals surface area contributed by atoms with Crippen LogP contribution in [0.5, 0.6) is 0 Å². The third kappa shape index (κ3) is 35.4. The Kier molecular flexibility index (Phi) is 43.2. The van der Waals surface area contributed by atoms with Crippen LogP contribution in [-0.4, -0.2) is 66.1 Å². The zero-order chi connectivity index (χ0) is 79.0. The van der Waals surface area contributed by atoms with Crippen molar-refractivity contribution in [2.75, 3.05) is 0 Å². The van der Waals surface area contributed by atoms with Crippen LogP contribution >= 0.6 is 23.5 Å². The minimum atomic E-state index is -5.48. The Morgan fingerprint density at radius 3 is 0.839 bits per heavy atom. The van der Waals surface area contributed by atoms with Gasteiger partial charge in [0, 0.05) is 12.8 Å². The van der Waals surface area contributed by atoms with E-state index in [-0.39, 0.29) is 52.5 Å². The Balaban J connectivity index is 1.18. The van der Waals surface area contributed by atoms with Crippen molar-refractivity contribution < 1.29 is 88.1 Å². The number of phosphoric acid groups is 3. The quantitative estimate of drug-likeness (QED) is 0.0162. The van der Waals surface area contributed by atoms with E-state index in [1.54, 1.807) is 152 Å². The second-order valence-electron chi connectivity index (χ2n) is 29.0. The van der Waals surface area contributed by atoms with Crippen LogP contribution in [0.2, 0.25) is 0 Å². The lowest BCUT2D eigenvalue weighted by Crippen LogP contribution is -2.66. The van der Waals surface area contributed by atoms with E-state index in [1.165, 1.54) is 103 Å². The highest BCUT2D eigenvalue weighted by Crippen LogP contribution is 2.61. The number of phosphoric ester groups is 3. The van der Waals surface area contributed by atoms with Crippen molar-refractivity contribution in [1.29, 1.82) is 0 Å². The lowest BCUT2D eigenvalue weighted by molar-refractivity contribution is -0.246. The smallest absolute Gasteiger partial charge is 0.456 e. The molecule has 2 unspecified atom stereocenters. The molecule has 0 spiro atoms. The lowest BCUT2D eigenvalue weighted by atomic mass is 9.84. The van der Waals surface area contributed by atoms with Gasteiger partial charge in [0.25, 0.3) is 0 Å². The molecule has 1 saturated carbocycles. The van der Waals surface area contributed by atoms with Gasteiger partial charge in [0.15, 0.2) is 6.10 Å². The predicted molar refractivity (Wildman–Crippen MR) is 437 cm³/mol. The van der Waals surface area contributed by atoms with Crippen molar-refractivity contribution in [3.05, 3.63) is 251 Å². The number of benzene rings is 7. The van der Waals surface area contributed by atoms with Crippen molar-refractivity contribution in [3.8, 4) is 0 Å². The zero-order valence-electron chi connectivity index (χ0n) is 66.2. The maximum absolute atomic E-state index is 16.8. The van der Waals surface area contributed by atoms with Gasteiger partial charge in [-0.15, -0.1) is 0 Å². The second-order valence-corrected chi connectivity index (χ2v) is 33.8. The molecule has 0 bridgehead atoms. The summed E-state index contributed by atoms with van der Waals surface area (Å²) in [7, 11) is -15.6. The summed E-state index contributed by atoms with van der Waals surface area (Å²) in [4.78, 5) is 28.5. The minimum absolute atomic E-state index is 0.0413. The van der Waals surface area contributed by atoms with Crippen LogP contribution in [0, 0.1) is 0 Å².